The maximum absolute atomic E-state index is 5.95. The Morgan fingerprint density at radius 2 is 2.41 bits per heavy atom. The summed E-state index contributed by atoms with van der Waals surface area (Å²) in [7, 11) is 0. The normalized spacial score (nSPS) is 20.4. The van der Waals surface area contributed by atoms with E-state index in [1.807, 2.05) is 13.8 Å². The molecule has 1 aliphatic rings. The molecule has 1 aromatic heterocycles. The van der Waals surface area contributed by atoms with Crippen molar-refractivity contribution in [2.75, 3.05) is 31.2 Å². The lowest BCUT2D eigenvalue weighted by Crippen LogP contribution is -2.41. The number of rotatable bonds is 3. The zero-order valence-corrected chi connectivity index (χ0v) is 10.8. The third-order valence-electron chi connectivity index (χ3n) is 2.50. The molecule has 0 saturated carbocycles. The number of ether oxygens (including phenoxy) is 2. The first kappa shape index (κ1) is 12.4. The first-order chi connectivity index (χ1) is 8.19. The Hall–Kier alpha value is -1.07. The van der Waals surface area contributed by atoms with E-state index < -0.39 is 0 Å². The second kappa shape index (κ2) is 5.51. The number of anilines is 1. The Bertz CT molecular complexity index is 389. The largest absolute Gasteiger partial charge is 0.464 e. The van der Waals surface area contributed by atoms with Crippen molar-refractivity contribution < 1.29 is 9.47 Å². The molecule has 0 aliphatic carbocycles. The molecule has 0 aromatic carbocycles. The standard InChI is InChI=1S/C11H16ClN3O2/c1-3-16-11-13-9(12)6-10(14-11)15-4-5-17-8(2)7-15/h6,8H,3-5,7H2,1-2H3. The summed E-state index contributed by atoms with van der Waals surface area (Å²) in [5, 5.41) is 0.401. The summed E-state index contributed by atoms with van der Waals surface area (Å²) in [5.41, 5.74) is 0. The molecule has 5 nitrogen and oxygen atoms in total. The second-order valence-corrected chi connectivity index (χ2v) is 4.28. The van der Waals surface area contributed by atoms with Crippen LogP contribution in [0.3, 0.4) is 0 Å². The molecule has 0 N–H and O–H groups in total. The van der Waals surface area contributed by atoms with E-state index in [1.165, 1.54) is 0 Å². The number of morpholine rings is 1. The minimum atomic E-state index is 0.202. The van der Waals surface area contributed by atoms with Gasteiger partial charge >= 0.3 is 6.01 Å². The molecule has 0 spiro atoms. The summed E-state index contributed by atoms with van der Waals surface area (Å²) in [5.74, 6) is 0.795. The van der Waals surface area contributed by atoms with Gasteiger partial charge in [0.2, 0.25) is 0 Å². The van der Waals surface area contributed by atoms with Crippen LogP contribution in [0.2, 0.25) is 5.15 Å². The van der Waals surface area contributed by atoms with E-state index in [-0.39, 0.29) is 6.10 Å². The Morgan fingerprint density at radius 1 is 1.59 bits per heavy atom. The molecule has 1 aliphatic heterocycles. The van der Waals surface area contributed by atoms with Crippen LogP contribution in [0.25, 0.3) is 0 Å². The molecule has 0 amide bonds. The van der Waals surface area contributed by atoms with Gasteiger partial charge in [0.1, 0.15) is 11.0 Å². The minimum absolute atomic E-state index is 0.202. The van der Waals surface area contributed by atoms with Crippen LogP contribution in [0.15, 0.2) is 6.07 Å². The number of halogens is 1. The summed E-state index contributed by atoms with van der Waals surface area (Å²) in [6.45, 7) is 6.77. The van der Waals surface area contributed by atoms with Crippen molar-refractivity contribution in [3.05, 3.63) is 11.2 Å². The molecule has 1 aromatic rings. The van der Waals surface area contributed by atoms with E-state index in [4.69, 9.17) is 21.1 Å². The van der Waals surface area contributed by atoms with Gasteiger partial charge in [0.25, 0.3) is 0 Å². The van der Waals surface area contributed by atoms with Gasteiger partial charge in [0, 0.05) is 19.2 Å². The van der Waals surface area contributed by atoms with Gasteiger partial charge in [0.15, 0.2) is 0 Å². The molecule has 1 saturated heterocycles. The maximum Gasteiger partial charge on any atom is 0.319 e. The first-order valence-electron chi connectivity index (χ1n) is 5.73. The van der Waals surface area contributed by atoms with Crippen LogP contribution in [0.1, 0.15) is 13.8 Å². The fourth-order valence-electron chi connectivity index (χ4n) is 1.77. The molecule has 94 valence electrons. The van der Waals surface area contributed by atoms with Crippen molar-refractivity contribution in [2.45, 2.75) is 20.0 Å². The van der Waals surface area contributed by atoms with Crippen LogP contribution in [0.5, 0.6) is 6.01 Å². The average molecular weight is 258 g/mol. The van der Waals surface area contributed by atoms with Crippen LogP contribution in [0, 0.1) is 0 Å². The Morgan fingerprint density at radius 3 is 3.12 bits per heavy atom. The second-order valence-electron chi connectivity index (χ2n) is 3.89. The van der Waals surface area contributed by atoms with Crippen LogP contribution in [-0.2, 0) is 4.74 Å². The van der Waals surface area contributed by atoms with Gasteiger partial charge in [-0.3, -0.25) is 0 Å². The van der Waals surface area contributed by atoms with E-state index in [9.17, 15) is 0 Å². The van der Waals surface area contributed by atoms with Crippen molar-refractivity contribution in [1.82, 2.24) is 9.97 Å². The Balaban J connectivity index is 2.18. The van der Waals surface area contributed by atoms with Gasteiger partial charge < -0.3 is 14.4 Å². The minimum Gasteiger partial charge on any atom is -0.464 e. The van der Waals surface area contributed by atoms with E-state index >= 15 is 0 Å². The highest BCUT2D eigenvalue weighted by molar-refractivity contribution is 6.29. The van der Waals surface area contributed by atoms with Crippen molar-refractivity contribution in [3.63, 3.8) is 0 Å². The van der Waals surface area contributed by atoms with Crippen LogP contribution < -0.4 is 9.64 Å². The average Bonchev–Trinajstić information content (AvgIpc) is 2.28. The van der Waals surface area contributed by atoms with Crippen LogP contribution in [0.4, 0.5) is 5.82 Å². The summed E-state index contributed by atoms with van der Waals surface area (Å²) in [6.07, 6.45) is 0.202. The number of hydrogen-bond acceptors (Lipinski definition) is 5. The molecule has 1 unspecified atom stereocenters. The topological polar surface area (TPSA) is 47.5 Å². The van der Waals surface area contributed by atoms with E-state index in [0.717, 1.165) is 18.9 Å². The van der Waals surface area contributed by atoms with Gasteiger partial charge in [-0.2, -0.15) is 9.97 Å². The Kier molecular flexibility index (Phi) is 4.02. The van der Waals surface area contributed by atoms with Crippen LogP contribution >= 0.6 is 11.6 Å². The molecule has 1 atom stereocenters. The lowest BCUT2D eigenvalue weighted by molar-refractivity contribution is 0.0529. The molecule has 6 heteroatoms. The predicted molar refractivity (Wildman–Crippen MR) is 65.8 cm³/mol. The molecule has 0 radical (unpaired) electrons. The molecular weight excluding hydrogens is 242 g/mol. The fourth-order valence-corrected chi connectivity index (χ4v) is 1.94. The van der Waals surface area contributed by atoms with Crippen molar-refractivity contribution in [2.24, 2.45) is 0 Å². The van der Waals surface area contributed by atoms with Gasteiger partial charge in [0.05, 0.1) is 19.3 Å². The number of hydrogen-bond donors (Lipinski definition) is 0. The zero-order chi connectivity index (χ0) is 12.3. The van der Waals surface area contributed by atoms with E-state index in [0.29, 0.717) is 24.4 Å². The highest BCUT2D eigenvalue weighted by Gasteiger charge is 2.19. The molecule has 0 bridgehead atoms. The zero-order valence-electron chi connectivity index (χ0n) is 10.0. The van der Waals surface area contributed by atoms with Crippen molar-refractivity contribution >= 4 is 17.4 Å². The molecule has 2 heterocycles. The lowest BCUT2D eigenvalue weighted by atomic mass is 10.3. The predicted octanol–water partition coefficient (Wildman–Crippen LogP) is 1.75. The Labute approximate surface area is 106 Å². The van der Waals surface area contributed by atoms with Crippen molar-refractivity contribution in [3.8, 4) is 6.01 Å². The maximum atomic E-state index is 5.95. The highest BCUT2D eigenvalue weighted by atomic mass is 35.5. The first-order valence-corrected chi connectivity index (χ1v) is 6.10. The SMILES string of the molecule is CCOc1nc(Cl)cc(N2CCOC(C)C2)n1. The smallest absolute Gasteiger partial charge is 0.319 e. The summed E-state index contributed by atoms with van der Waals surface area (Å²) < 4.78 is 10.8. The van der Waals surface area contributed by atoms with Crippen LogP contribution in [-0.4, -0.2) is 42.4 Å². The molecule has 17 heavy (non-hydrogen) atoms. The monoisotopic (exact) mass is 257 g/mol. The molecule has 1 fully saturated rings. The highest BCUT2D eigenvalue weighted by Crippen LogP contribution is 2.21. The number of nitrogens with zero attached hydrogens (tertiary/aromatic N) is 3. The number of aromatic nitrogens is 2. The summed E-state index contributed by atoms with van der Waals surface area (Å²) in [4.78, 5) is 10.5. The van der Waals surface area contributed by atoms with Gasteiger partial charge in [-0.1, -0.05) is 11.6 Å². The summed E-state index contributed by atoms with van der Waals surface area (Å²) in [6, 6.07) is 2.08. The van der Waals surface area contributed by atoms with E-state index in [1.54, 1.807) is 6.07 Å². The van der Waals surface area contributed by atoms with Gasteiger partial charge in [-0.05, 0) is 13.8 Å². The van der Waals surface area contributed by atoms with E-state index in [2.05, 4.69) is 14.9 Å². The molecule has 2 rings (SSSR count). The van der Waals surface area contributed by atoms with Gasteiger partial charge in [-0.15, -0.1) is 0 Å². The summed E-state index contributed by atoms with van der Waals surface area (Å²) >= 11 is 5.95. The third-order valence-corrected chi connectivity index (χ3v) is 2.69. The quantitative estimate of drug-likeness (QED) is 0.772. The molecular formula is C11H16ClN3O2. The third kappa shape index (κ3) is 3.20. The van der Waals surface area contributed by atoms with Gasteiger partial charge in [-0.25, -0.2) is 0 Å². The lowest BCUT2D eigenvalue weighted by Gasteiger charge is -2.32. The fraction of sp³-hybridized carbons (Fsp3) is 0.636. The van der Waals surface area contributed by atoms with Crippen molar-refractivity contribution in [1.29, 1.82) is 0 Å².